The van der Waals surface area contributed by atoms with Crippen LogP contribution in [0.25, 0.3) is 0 Å². The molecule has 2 unspecified atom stereocenters. The third-order valence-corrected chi connectivity index (χ3v) is 5.78. The molecule has 1 spiro atoms. The Hall–Kier alpha value is -0.900. The summed E-state index contributed by atoms with van der Waals surface area (Å²) in [4.78, 5) is 26.7. The van der Waals surface area contributed by atoms with E-state index in [1.807, 2.05) is 0 Å². The van der Waals surface area contributed by atoms with Gasteiger partial charge in [-0.15, -0.1) is 0 Å². The summed E-state index contributed by atoms with van der Waals surface area (Å²) < 4.78 is 0. The summed E-state index contributed by atoms with van der Waals surface area (Å²) in [5, 5.41) is 10.3. The number of nitrogens with zero attached hydrogens (tertiary/aromatic N) is 1. The first kappa shape index (κ1) is 15.0. The molecule has 3 aliphatic rings. The van der Waals surface area contributed by atoms with Crippen molar-refractivity contribution >= 4 is 11.8 Å². The number of likely N-dealkylation sites (tertiary alicyclic amines) is 1. The lowest BCUT2D eigenvalue weighted by Gasteiger charge is -2.45. The first-order chi connectivity index (χ1) is 10.1. The highest BCUT2D eigenvalue weighted by molar-refractivity contribution is 5.99. The Kier molecular flexibility index (Phi) is 4.34. The van der Waals surface area contributed by atoms with Crippen molar-refractivity contribution in [2.75, 3.05) is 0 Å². The maximum absolute atomic E-state index is 12.6. The zero-order chi connectivity index (χ0) is 14.9. The molecule has 1 saturated heterocycles. The van der Waals surface area contributed by atoms with E-state index in [9.17, 15) is 14.7 Å². The van der Waals surface area contributed by atoms with Gasteiger partial charge in [-0.1, -0.05) is 38.5 Å². The molecular weight excluding hydrogens is 266 g/mol. The summed E-state index contributed by atoms with van der Waals surface area (Å²) >= 11 is 0. The van der Waals surface area contributed by atoms with Crippen molar-refractivity contribution in [3.8, 4) is 0 Å². The molecule has 4 nitrogen and oxygen atoms in total. The summed E-state index contributed by atoms with van der Waals surface area (Å²) in [7, 11) is 0. The van der Waals surface area contributed by atoms with Crippen molar-refractivity contribution in [3.05, 3.63) is 0 Å². The number of aliphatic hydroxyl groups is 1. The summed E-state index contributed by atoms with van der Waals surface area (Å²) in [6, 6.07) is -0.270. The fraction of sp³-hybridized carbons (Fsp3) is 0.882. The zero-order valence-electron chi connectivity index (χ0n) is 12.9. The predicted molar refractivity (Wildman–Crippen MR) is 79.5 cm³/mol. The molecule has 0 aromatic rings. The number of carbonyl (C=O) groups excluding carboxylic acids is 2. The average Bonchev–Trinajstić information content (AvgIpc) is 2.64. The van der Waals surface area contributed by atoms with Crippen LogP contribution in [0.2, 0.25) is 0 Å². The molecule has 2 atom stereocenters. The van der Waals surface area contributed by atoms with Gasteiger partial charge in [-0.2, -0.15) is 0 Å². The molecular formula is C17H27NO3. The molecule has 3 rings (SSSR count). The molecule has 3 fully saturated rings. The van der Waals surface area contributed by atoms with Crippen LogP contribution >= 0.6 is 0 Å². The minimum Gasteiger partial charge on any atom is -0.391 e. The zero-order valence-corrected chi connectivity index (χ0v) is 12.9. The van der Waals surface area contributed by atoms with E-state index in [1.165, 1.54) is 11.3 Å². The normalized spacial score (nSPS) is 34.0. The second-order valence-corrected chi connectivity index (χ2v) is 7.34. The Balaban J connectivity index is 1.75. The Bertz CT molecular complexity index is 394. The van der Waals surface area contributed by atoms with E-state index in [0.29, 0.717) is 19.3 Å². The van der Waals surface area contributed by atoms with E-state index in [1.54, 1.807) is 0 Å². The van der Waals surface area contributed by atoms with E-state index < -0.39 is 6.10 Å². The lowest BCUT2D eigenvalue weighted by atomic mass is 9.67. The lowest BCUT2D eigenvalue weighted by molar-refractivity contribution is -0.161. The highest BCUT2D eigenvalue weighted by Gasteiger charge is 2.47. The van der Waals surface area contributed by atoms with E-state index in [4.69, 9.17) is 0 Å². The largest absolute Gasteiger partial charge is 0.391 e. The van der Waals surface area contributed by atoms with Crippen LogP contribution in [0.15, 0.2) is 0 Å². The molecule has 2 aliphatic carbocycles. The van der Waals surface area contributed by atoms with Gasteiger partial charge in [0.05, 0.1) is 12.1 Å². The number of amides is 2. The van der Waals surface area contributed by atoms with Crippen LogP contribution < -0.4 is 0 Å². The molecule has 4 heteroatoms. The summed E-state index contributed by atoms with van der Waals surface area (Å²) in [5.74, 6) is -0.0572. The van der Waals surface area contributed by atoms with Crippen molar-refractivity contribution < 1.29 is 14.7 Å². The molecule has 21 heavy (non-hydrogen) atoms. The molecule has 0 bridgehead atoms. The Morgan fingerprint density at radius 1 is 0.857 bits per heavy atom. The summed E-state index contributed by atoms with van der Waals surface area (Å²) in [5.41, 5.74) is -0.0569. The Morgan fingerprint density at radius 2 is 1.43 bits per heavy atom. The van der Waals surface area contributed by atoms with Gasteiger partial charge in [0.1, 0.15) is 0 Å². The predicted octanol–water partition coefficient (Wildman–Crippen LogP) is 2.78. The SMILES string of the molecule is O=C1CC2(CCCCC2)CC(=O)N1C1CCCCCC1O. The van der Waals surface area contributed by atoms with E-state index >= 15 is 0 Å². The average molecular weight is 293 g/mol. The van der Waals surface area contributed by atoms with E-state index in [2.05, 4.69) is 0 Å². The first-order valence-corrected chi connectivity index (χ1v) is 8.64. The molecule has 2 saturated carbocycles. The quantitative estimate of drug-likeness (QED) is 0.597. The van der Waals surface area contributed by atoms with Crippen molar-refractivity contribution in [2.45, 2.75) is 89.2 Å². The van der Waals surface area contributed by atoms with E-state index in [-0.39, 0.29) is 23.3 Å². The molecule has 1 N–H and O–H groups in total. The maximum atomic E-state index is 12.6. The van der Waals surface area contributed by atoms with Gasteiger partial charge in [-0.25, -0.2) is 0 Å². The van der Waals surface area contributed by atoms with Crippen molar-refractivity contribution in [1.82, 2.24) is 4.90 Å². The first-order valence-electron chi connectivity index (χ1n) is 8.64. The van der Waals surface area contributed by atoms with Gasteiger partial charge in [0.2, 0.25) is 11.8 Å². The van der Waals surface area contributed by atoms with Crippen LogP contribution in [0.3, 0.4) is 0 Å². The maximum Gasteiger partial charge on any atom is 0.230 e. The number of carbonyl (C=O) groups is 2. The number of aliphatic hydroxyl groups excluding tert-OH is 1. The molecule has 0 radical (unpaired) electrons. The van der Waals surface area contributed by atoms with Crippen molar-refractivity contribution in [2.24, 2.45) is 5.41 Å². The molecule has 2 amide bonds. The minimum absolute atomic E-state index is 0.0286. The number of piperidine rings is 1. The van der Waals surface area contributed by atoms with Crippen LogP contribution in [0.1, 0.15) is 77.0 Å². The van der Waals surface area contributed by atoms with Gasteiger partial charge < -0.3 is 5.11 Å². The minimum atomic E-state index is -0.527. The topological polar surface area (TPSA) is 57.6 Å². The van der Waals surface area contributed by atoms with Gasteiger partial charge in [-0.05, 0) is 31.1 Å². The number of hydrogen-bond donors (Lipinski definition) is 1. The Labute approximate surface area is 126 Å². The fourth-order valence-corrected chi connectivity index (χ4v) is 4.61. The van der Waals surface area contributed by atoms with Crippen molar-refractivity contribution in [1.29, 1.82) is 0 Å². The highest BCUT2D eigenvalue weighted by Crippen LogP contribution is 2.46. The van der Waals surface area contributed by atoms with Gasteiger partial charge in [-0.3, -0.25) is 14.5 Å². The van der Waals surface area contributed by atoms with Gasteiger partial charge in [0.25, 0.3) is 0 Å². The molecule has 0 aromatic heterocycles. The Morgan fingerprint density at radius 3 is 2.10 bits per heavy atom. The second kappa shape index (κ2) is 6.07. The van der Waals surface area contributed by atoms with Crippen LogP contribution in [0.4, 0.5) is 0 Å². The van der Waals surface area contributed by atoms with Crippen LogP contribution in [0.5, 0.6) is 0 Å². The fourth-order valence-electron chi connectivity index (χ4n) is 4.61. The number of hydrogen-bond acceptors (Lipinski definition) is 3. The monoisotopic (exact) mass is 293 g/mol. The summed E-state index contributed by atoms with van der Waals surface area (Å²) in [6.45, 7) is 0. The molecule has 1 aliphatic heterocycles. The number of rotatable bonds is 1. The third-order valence-electron chi connectivity index (χ3n) is 5.78. The van der Waals surface area contributed by atoms with Crippen molar-refractivity contribution in [3.63, 3.8) is 0 Å². The van der Waals surface area contributed by atoms with Crippen LogP contribution in [-0.2, 0) is 9.59 Å². The molecule has 118 valence electrons. The summed E-state index contributed by atoms with van der Waals surface area (Å²) in [6.07, 6.45) is 10.6. The smallest absolute Gasteiger partial charge is 0.230 e. The number of imide groups is 1. The van der Waals surface area contributed by atoms with Crippen LogP contribution in [0, 0.1) is 5.41 Å². The lowest BCUT2D eigenvalue weighted by Crippen LogP contribution is -2.55. The standard InChI is InChI=1S/C17H27NO3/c19-14-8-4-1-3-7-13(14)18-15(20)11-17(12-16(18)21)9-5-2-6-10-17/h13-14,19H,1-12H2. The van der Waals surface area contributed by atoms with E-state index in [0.717, 1.165) is 51.4 Å². The second-order valence-electron chi connectivity index (χ2n) is 7.34. The van der Waals surface area contributed by atoms with Gasteiger partial charge in [0.15, 0.2) is 0 Å². The molecule has 0 aromatic carbocycles. The van der Waals surface area contributed by atoms with Crippen LogP contribution in [-0.4, -0.2) is 34.0 Å². The third kappa shape index (κ3) is 3.01. The van der Waals surface area contributed by atoms with Gasteiger partial charge >= 0.3 is 0 Å². The molecule has 1 heterocycles. The van der Waals surface area contributed by atoms with Gasteiger partial charge in [0, 0.05) is 12.8 Å². The highest BCUT2D eigenvalue weighted by atomic mass is 16.3.